The summed E-state index contributed by atoms with van der Waals surface area (Å²) >= 11 is 0. The SMILES string of the molecule is c1ccc(-c2nccn2-c2ccc(-c3c4ccccc4c(-c4ccc5ccccc5c4)c4ccccc34)cc2)cc1. The normalized spacial score (nSPS) is 11.4. The molecule has 8 rings (SSSR count). The standard InChI is InChI=1S/C39H26N2/c1-2-11-29(12-3-1)39-40-24-25-41(39)32-22-20-28(21-23-32)37-33-14-6-8-16-35(33)38(36-17-9-7-15-34(36)37)31-19-18-27-10-4-5-13-30(27)26-31/h1-26H. The largest absolute Gasteiger partial charge is 0.300 e. The van der Waals surface area contributed by atoms with Crippen molar-refractivity contribution in [1.29, 1.82) is 0 Å². The van der Waals surface area contributed by atoms with Gasteiger partial charge in [0.1, 0.15) is 5.82 Å². The van der Waals surface area contributed by atoms with Crippen LogP contribution < -0.4 is 0 Å². The highest BCUT2D eigenvalue weighted by atomic mass is 15.1. The van der Waals surface area contributed by atoms with E-state index in [1.54, 1.807) is 0 Å². The van der Waals surface area contributed by atoms with E-state index < -0.39 is 0 Å². The molecule has 0 saturated carbocycles. The molecule has 8 aromatic rings. The third kappa shape index (κ3) is 3.92. The predicted octanol–water partition coefficient (Wildman–Crippen LogP) is 10.3. The van der Waals surface area contributed by atoms with Gasteiger partial charge >= 0.3 is 0 Å². The van der Waals surface area contributed by atoms with E-state index in [1.165, 1.54) is 54.6 Å². The summed E-state index contributed by atoms with van der Waals surface area (Å²) in [6.45, 7) is 0. The number of hydrogen-bond acceptors (Lipinski definition) is 1. The van der Waals surface area contributed by atoms with E-state index in [-0.39, 0.29) is 0 Å². The Hall–Kier alpha value is -5.47. The van der Waals surface area contributed by atoms with Gasteiger partial charge in [0.2, 0.25) is 0 Å². The zero-order valence-electron chi connectivity index (χ0n) is 22.4. The monoisotopic (exact) mass is 522 g/mol. The first-order valence-corrected chi connectivity index (χ1v) is 14.0. The molecule has 1 heterocycles. The van der Waals surface area contributed by atoms with Crippen LogP contribution in [-0.4, -0.2) is 9.55 Å². The van der Waals surface area contributed by atoms with Crippen molar-refractivity contribution >= 4 is 32.3 Å². The lowest BCUT2D eigenvalue weighted by Gasteiger charge is -2.18. The van der Waals surface area contributed by atoms with Crippen molar-refractivity contribution in [2.45, 2.75) is 0 Å². The summed E-state index contributed by atoms with van der Waals surface area (Å²) in [5, 5.41) is 7.56. The van der Waals surface area contributed by atoms with Crippen LogP contribution in [0.4, 0.5) is 0 Å². The van der Waals surface area contributed by atoms with Gasteiger partial charge in [-0.25, -0.2) is 4.98 Å². The van der Waals surface area contributed by atoms with E-state index in [0.29, 0.717) is 0 Å². The van der Waals surface area contributed by atoms with Gasteiger partial charge in [-0.05, 0) is 72.8 Å². The van der Waals surface area contributed by atoms with E-state index in [4.69, 9.17) is 0 Å². The number of rotatable bonds is 4. The van der Waals surface area contributed by atoms with E-state index in [0.717, 1.165) is 17.1 Å². The lowest BCUT2D eigenvalue weighted by molar-refractivity contribution is 1.07. The Morgan fingerprint density at radius 2 is 0.951 bits per heavy atom. The molecule has 0 unspecified atom stereocenters. The van der Waals surface area contributed by atoms with Gasteiger partial charge < -0.3 is 0 Å². The van der Waals surface area contributed by atoms with Crippen LogP contribution in [0.25, 0.3) is 71.6 Å². The summed E-state index contributed by atoms with van der Waals surface area (Å²) in [5.41, 5.74) is 7.18. The summed E-state index contributed by atoms with van der Waals surface area (Å²) in [5.74, 6) is 0.939. The maximum Gasteiger partial charge on any atom is 0.144 e. The summed E-state index contributed by atoms with van der Waals surface area (Å²) in [6, 6.07) is 52.3. The summed E-state index contributed by atoms with van der Waals surface area (Å²) < 4.78 is 2.15. The first-order chi connectivity index (χ1) is 20.3. The van der Waals surface area contributed by atoms with Gasteiger partial charge in [0.25, 0.3) is 0 Å². The molecule has 0 saturated heterocycles. The molecule has 0 aliphatic carbocycles. The van der Waals surface area contributed by atoms with Crippen LogP contribution in [0.5, 0.6) is 0 Å². The number of imidazole rings is 1. The van der Waals surface area contributed by atoms with Crippen molar-refractivity contribution in [3.8, 4) is 39.3 Å². The molecule has 2 heteroatoms. The molecule has 0 aliphatic heterocycles. The van der Waals surface area contributed by atoms with Gasteiger partial charge in [0, 0.05) is 23.6 Å². The van der Waals surface area contributed by atoms with Crippen molar-refractivity contribution in [2.24, 2.45) is 0 Å². The fourth-order valence-electron chi connectivity index (χ4n) is 6.20. The maximum absolute atomic E-state index is 4.65. The second-order valence-corrected chi connectivity index (χ2v) is 10.4. The Labute approximate surface area is 238 Å². The predicted molar refractivity (Wildman–Crippen MR) is 172 cm³/mol. The zero-order chi connectivity index (χ0) is 27.2. The molecule has 0 fully saturated rings. The number of nitrogens with zero attached hydrogens (tertiary/aromatic N) is 2. The maximum atomic E-state index is 4.65. The third-order valence-electron chi connectivity index (χ3n) is 8.08. The second-order valence-electron chi connectivity index (χ2n) is 10.4. The molecule has 192 valence electrons. The number of benzene rings is 7. The number of fused-ring (bicyclic) bond motifs is 3. The second kappa shape index (κ2) is 9.62. The van der Waals surface area contributed by atoms with Gasteiger partial charge in [-0.2, -0.15) is 0 Å². The van der Waals surface area contributed by atoms with Crippen LogP contribution >= 0.6 is 0 Å². The first-order valence-electron chi connectivity index (χ1n) is 14.0. The van der Waals surface area contributed by atoms with Gasteiger partial charge in [-0.15, -0.1) is 0 Å². The summed E-state index contributed by atoms with van der Waals surface area (Å²) in [7, 11) is 0. The highest BCUT2D eigenvalue weighted by Gasteiger charge is 2.17. The van der Waals surface area contributed by atoms with E-state index in [9.17, 15) is 0 Å². The van der Waals surface area contributed by atoms with Crippen LogP contribution in [0.15, 0.2) is 158 Å². The third-order valence-corrected chi connectivity index (χ3v) is 8.08. The van der Waals surface area contributed by atoms with Crippen LogP contribution in [0.1, 0.15) is 0 Å². The van der Waals surface area contributed by atoms with Crippen molar-refractivity contribution in [1.82, 2.24) is 9.55 Å². The molecule has 0 aliphatic rings. The Morgan fingerprint density at radius 1 is 0.415 bits per heavy atom. The Bertz CT molecular complexity index is 2130. The lowest BCUT2D eigenvalue weighted by atomic mass is 9.85. The topological polar surface area (TPSA) is 17.8 Å². The molecule has 0 N–H and O–H groups in total. The molecule has 0 amide bonds. The van der Waals surface area contributed by atoms with Crippen LogP contribution in [-0.2, 0) is 0 Å². The minimum Gasteiger partial charge on any atom is -0.300 e. The molecule has 0 spiro atoms. The number of hydrogen-bond donors (Lipinski definition) is 0. The molecule has 1 aromatic heterocycles. The Balaban J connectivity index is 1.32. The van der Waals surface area contributed by atoms with Crippen molar-refractivity contribution in [3.05, 3.63) is 158 Å². The van der Waals surface area contributed by atoms with E-state index in [2.05, 4.69) is 149 Å². The molecular weight excluding hydrogens is 496 g/mol. The first kappa shape index (κ1) is 23.4. The Morgan fingerprint density at radius 3 is 1.61 bits per heavy atom. The molecule has 0 bridgehead atoms. The average Bonchev–Trinajstić information content (AvgIpc) is 3.54. The van der Waals surface area contributed by atoms with E-state index >= 15 is 0 Å². The van der Waals surface area contributed by atoms with Gasteiger partial charge in [-0.1, -0.05) is 127 Å². The van der Waals surface area contributed by atoms with Crippen LogP contribution in [0, 0.1) is 0 Å². The quantitative estimate of drug-likeness (QED) is 0.210. The summed E-state index contributed by atoms with van der Waals surface area (Å²) in [4.78, 5) is 4.65. The zero-order valence-corrected chi connectivity index (χ0v) is 22.4. The molecule has 41 heavy (non-hydrogen) atoms. The fraction of sp³-hybridized carbons (Fsp3) is 0. The lowest BCUT2D eigenvalue weighted by Crippen LogP contribution is -1.96. The fourth-order valence-corrected chi connectivity index (χ4v) is 6.20. The van der Waals surface area contributed by atoms with E-state index in [1.807, 2.05) is 18.5 Å². The minimum atomic E-state index is 0.939. The molecule has 2 nitrogen and oxygen atoms in total. The summed E-state index contributed by atoms with van der Waals surface area (Å²) in [6.07, 6.45) is 3.89. The highest BCUT2D eigenvalue weighted by Crippen LogP contribution is 2.44. The molecule has 7 aromatic carbocycles. The molecule has 0 radical (unpaired) electrons. The minimum absolute atomic E-state index is 0.939. The highest BCUT2D eigenvalue weighted by molar-refractivity contribution is 6.21. The Kier molecular flexibility index (Phi) is 5.49. The van der Waals surface area contributed by atoms with Crippen molar-refractivity contribution < 1.29 is 0 Å². The van der Waals surface area contributed by atoms with Gasteiger partial charge in [-0.3, -0.25) is 4.57 Å². The van der Waals surface area contributed by atoms with Crippen LogP contribution in [0.2, 0.25) is 0 Å². The van der Waals surface area contributed by atoms with Crippen molar-refractivity contribution in [2.75, 3.05) is 0 Å². The molecule has 0 atom stereocenters. The number of aromatic nitrogens is 2. The van der Waals surface area contributed by atoms with Gasteiger partial charge in [0.15, 0.2) is 0 Å². The smallest absolute Gasteiger partial charge is 0.144 e. The van der Waals surface area contributed by atoms with Crippen LogP contribution in [0.3, 0.4) is 0 Å². The average molecular weight is 523 g/mol. The van der Waals surface area contributed by atoms with Crippen molar-refractivity contribution in [3.63, 3.8) is 0 Å². The van der Waals surface area contributed by atoms with Gasteiger partial charge in [0.05, 0.1) is 0 Å². The molecular formula is C39H26N2.